The van der Waals surface area contributed by atoms with Gasteiger partial charge in [0, 0.05) is 0 Å². The van der Waals surface area contributed by atoms with E-state index in [-0.39, 0.29) is 5.75 Å². The number of amides is 1. The minimum absolute atomic E-state index is 0.276. The van der Waals surface area contributed by atoms with Crippen molar-refractivity contribution in [3.05, 3.63) is 65.7 Å². The van der Waals surface area contributed by atoms with Crippen LogP contribution in [0.3, 0.4) is 0 Å². The summed E-state index contributed by atoms with van der Waals surface area (Å²) in [6.45, 7) is -0.577. The predicted octanol–water partition coefficient (Wildman–Crippen LogP) is 4.65. The maximum absolute atomic E-state index is 13.1. The molecule has 1 amide bonds. The average molecular weight is 319 g/mol. The molecule has 0 spiro atoms. The Balaban J connectivity index is 1.93. The molecule has 2 aromatic rings. The van der Waals surface area contributed by atoms with Crippen molar-refractivity contribution in [2.75, 3.05) is 11.4 Å². The molecule has 2 aromatic carbocycles. The van der Waals surface area contributed by atoms with Gasteiger partial charge in [0.25, 0.3) is 0 Å². The van der Waals surface area contributed by atoms with Crippen LogP contribution in [0.5, 0.6) is 5.75 Å². The van der Waals surface area contributed by atoms with Crippen LogP contribution in [0.25, 0.3) is 6.08 Å². The van der Waals surface area contributed by atoms with Gasteiger partial charge >= 0.3 is 12.3 Å². The van der Waals surface area contributed by atoms with Crippen LogP contribution < -0.4 is 9.64 Å². The van der Waals surface area contributed by atoms with Gasteiger partial charge in [-0.2, -0.15) is 13.2 Å². The van der Waals surface area contributed by atoms with Crippen LogP contribution in [0.2, 0.25) is 0 Å². The maximum atomic E-state index is 13.1. The molecule has 23 heavy (non-hydrogen) atoms. The third kappa shape index (κ3) is 3.21. The Kier molecular flexibility index (Phi) is 3.82. The lowest BCUT2D eigenvalue weighted by Crippen LogP contribution is -2.39. The van der Waals surface area contributed by atoms with E-state index in [1.165, 1.54) is 6.07 Å². The summed E-state index contributed by atoms with van der Waals surface area (Å²) >= 11 is 0. The van der Waals surface area contributed by atoms with E-state index < -0.39 is 24.4 Å². The van der Waals surface area contributed by atoms with Gasteiger partial charge in [0.1, 0.15) is 5.75 Å². The summed E-state index contributed by atoms with van der Waals surface area (Å²) in [6, 6.07) is 14.6. The molecular weight excluding hydrogens is 307 g/mol. The van der Waals surface area contributed by atoms with Crippen LogP contribution in [0.4, 0.5) is 23.7 Å². The zero-order valence-electron chi connectivity index (χ0n) is 11.9. The van der Waals surface area contributed by atoms with Crippen molar-refractivity contribution in [2.24, 2.45) is 0 Å². The molecule has 0 fully saturated rings. The highest BCUT2D eigenvalue weighted by molar-refractivity contribution is 5.94. The lowest BCUT2D eigenvalue weighted by Gasteiger charge is -2.29. The van der Waals surface area contributed by atoms with Crippen molar-refractivity contribution in [2.45, 2.75) is 6.18 Å². The van der Waals surface area contributed by atoms with Crippen LogP contribution in [-0.4, -0.2) is 18.8 Å². The van der Waals surface area contributed by atoms with Crippen LogP contribution in [0.15, 0.2) is 60.2 Å². The number of ether oxygens (including phenoxy) is 1. The molecule has 0 aromatic heterocycles. The quantitative estimate of drug-likeness (QED) is 0.765. The summed E-state index contributed by atoms with van der Waals surface area (Å²) in [4.78, 5) is 13.3. The van der Waals surface area contributed by atoms with E-state index in [9.17, 15) is 18.0 Å². The van der Waals surface area contributed by atoms with E-state index >= 15 is 0 Å². The maximum Gasteiger partial charge on any atom is 0.420 e. The third-order valence-electron chi connectivity index (χ3n) is 3.42. The van der Waals surface area contributed by atoms with Gasteiger partial charge in [-0.15, -0.1) is 0 Å². The molecule has 0 saturated carbocycles. The number of benzene rings is 2. The number of nitrogens with zero attached hydrogens (tertiary/aromatic N) is 1. The molecule has 0 bridgehead atoms. The molecule has 0 unspecified atom stereocenters. The van der Waals surface area contributed by atoms with Crippen LogP contribution in [0, 0.1) is 0 Å². The first-order chi connectivity index (χ1) is 10.9. The van der Waals surface area contributed by atoms with Gasteiger partial charge in [0.2, 0.25) is 0 Å². The standard InChI is InChI=1S/C17H12F3NO2/c18-17(19,20)13-10-12-6-4-5-9-15(12)21(11-13)16(22)23-14-7-2-1-3-8-14/h1-10H,11H2. The molecule has 1 aliphatic rings. The predicted molar refractivity (Wildman–Crippen MR) is 80.3 cm³/mol. The minimum Gasteiger partial charge on any atom is -0.410 e. The monoisotopic (exact) mass is 319 g/mol. The number of alkyl halides is 3. The molecule has 0 radical (unpaired) electrons. The van der Waals surface area contributed by atoms with Crippen molar-refractivity contribution >= 4 is 17.9 Å². The van der Waals surface area contributed by atoms with Gasteiger partial charge in [-0.1, -0.05) is 36.4 Å². The molecule has 0 aliphatic carbocycles. The van der Waals surface area contributed by atoms with Crippen LogP contribution in [-0.2, 0) is 0 Å². The number of anilines is 1. The van der Waals surface area contributed by atoms with Crippen molar-refractivity contribution in [3.63, 3.8) is 0 Å². The number of carbonyl (C=O) groups excluding carboxylic acids is 1. The Morgan fingerprint density at radius 3 is 2.35 bits per heavy atom. The highest BCUT2D eigenvalue weighted by Gasteiger charge is 2.39. The zero-order chi connectivity index (χ0) is 16.4. The molecule has 0 atom stereocenters. The summed E-state index contributed by atoms with van der Waals surface area (Å²) < 4.78 is 44.3. The molecule has 0 saturated heterocycles. The Morgan fingerprint density at radius 1 is 1.00 bits per heavy atom. The number of rotatable bonds is 1. The molecular formula is C17H12F3NO2. The van der Waals surface area contributed by atoms with Crippen molar-refractivity contribution in [1.82, 2.24) is 0 Å². The summed E-state index contributed by atoms with van der Waals surface area (Å²) in [7, 11) is 0. The lowest BCUT2D eigenvalue weighted by atomic mass is 10.0. The molecule has 3 nitrogen and oxygen atoms in total. The number of halogens is 3. The Hall–Kier alpha value is -2.76. The molecule has 118 valence electrons. The summed E-state index contributed by atoms with van der Waals surface area (Å²) in [5.41, 5.74) is -0.0706. The Labute approximate surface area is 130 Å². The van der Waals surface area contributed by atoms with Gasteiger partial charge in [-0.05, 0) is 29.8 Å². The highest BCUT2D eigenvalue weighted by Crippen LogP contribution is 2.36. The van der Waals surface area contributed by atoms with E-state index in [1.807, 2.05) is 0 Å². The Morgan fingerprint density at radius 2 is 1.65 bits per heavy atom. The van der Waals surface area contributed by atoms with Gasteiger partial charge < -0.3 is 4.74 Å². The minimum atomic E-state index is -4.50. The molecule has 3 rings (SSSR count). The first kappa shape index (κ1) is 15.1. The second-order valence-electron chi connectivity index (χ2n) is 4.99. The van der Waals surface area contributed by atoms with Crippen molar-refractivity contribution in [1.29, 1.82) is 0 Å². The molecule has 1 aliphatic heterocycles. The highest BCUT2D eigenvalue weighted by atomic mass is 19.4. The number of carbonyl (C=O) groups is 1. The van der Waals surface area contributed by atoms with E-state index in [4.69, 9.17) is 4.74 Å². The first-order valence-electron chi connectivity index (χ1n) is 6.86. The number of para-hydroxylation sites is 2. The van der Waals surface area contributed by atoms with Crippen molar-refractivity contribution < 1.29 is 22.7 Å². The van der Waals surface area contributed by atoms with Crippen molar-refractivity contribution in [3.8, 4) is 5.75 Å². The second kappa shape index (κ2) is 5.79. The summed E-state index contributed by atoms with van der Waals surface area (Å²) in [5, 5.41) is 0. The first-order valence-corrected chi connectivity index (χ1v) is 6.86. The fourth-order valence-corrected chi connectivity index (χ4v) is 2.32. The topological polar surface area (TPSA) is 29.5 Å². The third-order valence-corrected chi connectivity index (χ3v) is 3.42. The van der Waals surface area contributed by atoms with E-state index in [1.54, 1.807) is 48.5 Å². The summed E-state index contributed by atoms with van der Waals surface area (Å²) in [6.07, 6.45) is -4.29. The number of hydrogen-bond donors (Lipinski definition) is 0. The van der Waals surface area contributed by atoms with E-state index in [2.05, 4.69) is 0 Å². The van der Waals surface area contributed by atoms with E-state index in [0.717, 1.165) is 11.0 Å². The largest absolute Gasteiger partial charge is 0.420 e. The normalized spacial score (nSPS) is 14.0. The van der Waals surface area contributed by atoms with E-state index in [0.29, 0.717) is 11.3 Å². The van der Waals surface area contributed by atoms with Gasteiger partial charge in [-0.25, -0.2) is 4.79 Å². The van der Waals surface area contributed by atoms with Gasteiger partial charge in [0.05, 0.1) is 17.8 Å². The number of fused-ring (bicyclic) bond motifs is 1. The second-order valence-corrected chi connectivity index (χ2v) is 4.99. The lowest BCUT2D eigenvalue weighted by molar-refractivity contribution is -0.0913. The summed E-state index contributed by atoms with van der Waals surface area (Å²) in [5.74, 6) is 0.276. The molecule has 1 heterocycles. The Bertz CT molecular complexity index is 754. The fourth-order valence-electron chi connectivity index (χ4n) is 2.32. The zero-order valence-corrected chi connectivity index (χ0v) is 11.9. The molecule has 0 N–H and O–H groups in total. The van der Waals surface area contributed by atoms with Crippen LogP contribution >= 0.6 is 0 Å². The van der Waals surface area contributed by atoms with Gasteiger partial charge in [0.15, 0.2) is 0 Å². The fraction of sp³-hybridized carbons (Fsp3) is 0.118. The number of hydrogen-bond acceptors (Lipinski definition) is 2. The van der Waals surface area contributed by atoms with Crippen LogP contribution in [0.1, 0.15) is 5.56 Å². The smallest absolute Gasteiger partial charge is 0.410 e. The molecule has 6 heteroatoms. The SMILES string of the molecule is O=C(Oc1ccccc1)N1CC(C(F)(F)F)=Cc2ccccc21. The average Bonchev–Trinajstić information content (AvgIpc) is 2.54. The van der Waals surface area contributed by atoms with Gasteiger partial charge in [-0.3, -0.25) is 4.90 Å².